The summed E-state index contributed by atoms with van der Waals surface area (Å²) < 4.78 is 19.2. The smallest absolute Gasteiger partial charge is 0.329 e. The minimum atomic E-state index is -2.07. The molecule has 1 aromatic rings. The Bertz CT molecular complexity index is 1890. The Morgan fingerprint density at radius 1 is 0.924 bits per heavy atom. The van der Waals surface area contributed by atoms with Crippen molar-refractivity contribution < 1.29 is 37.9 Å². The zero-order valence-corrected chi connectivity index (χ0v) is 44.7. The van der Waals surface area contributed by atoms with E-state index in [0.717, 1.165) is 35.2 Å². The lowest BCUT2D eigenvalue weighted by Gasteiger charge is -2.39. The van der Waals surface area contributed by atoms with E-state index in [9.17, 15) is 24.0 Å². The number of rotatable bonds is 10. The average molecular weight is 954 g/mol. The third kappa shape index (κ3) is 13.5. The van der Waals surface area contributed by atoms with Crippen LogP contribution in [0.25, 0.3) is 0 Å². The van der Waals surface area contributed by atoms with Gasteiger partial charge in [0.25, 0.3) is 0 Å². The predicted octanol–water partition coefficient (Wildman–Crippen LogP) is 8.31. The Labute approximate surface area is 402 Å². The van der Waals surface area contributed by atoms with Crippen LogP contribution in [0.2, 0.25) is 18.1 Å². The number of carbonyl (C=O) groups is 5. The van der Waals surface area contributed by atoms with Crippen molar-refractivity contribution in [2.24, 2.45) is 28.2 Å². The number of hydrogen-bond acceptors (Lipinski definition) is 10. The number of thioether (sulfide) groups is 1. The number of nitrogens with zero attached hydrogens (tertiary/aromatic N) is 4. The standard InChI is InChI=1S/C51H83N5O8SSi/c1-16-33(6)44-49(60)56-26-20-21-41(56)50(61)63-43(51(10,11)12)28-32(5)27-42(64-66(17-2,18-3)19-4)35(8)46-52-38(31-65-46)29-34(7)45(57)53-40(30-37-22-24-39(62-15)25-23-37)48(59)54(13)36(9)47(58)55(44)14/h22-25,29,32-33,35-36,38,40-44H,16-21,26-28,30-31H2,1-15H3,(H,53,57)/b34-29+/t32-,33?,35-,36-,38-,40-,41-,42+,43+,44+/m0/s1. The maximum absolute atomic E-state index is 14.8. The van der Waals surface area contributed by atoms with Gasteiger partial charge in [0.1, 0.15) is 36.0 Å². The summed E-state index contributed by atoms with van der Waals surface area (Å²) in [5.74, 6) is -0.809. The molecule has 1 fully saturated rings. The van der Waals surface area contributed by atoms with Crippen LogP contribution < -0.4 is 10.1 Å². The number of ether oxygens (including phenoxy) is 2. The van der Waals surface area contributed by atoms with Crippen LogP contribution >= 0.6 is 11.8 Å². The van der Waals surface area contributed by atoms with Crippen molar-refractivity contribution in [3.63, 3.8) is 0 Å². The molecule has 0 aliphatic carbocycles. The highest BCUT2D eigenvalue weighted by Gasteiger charge is 2.45. The van der Waals surface area contributed by atoms with E-state index in [0.29, 0.717) is 49.3 Å². The molecular weight excluding hydrogens is 871 g/mol. The summed E-state index contributed by atoms with van der Waals surface area (Å²) in [7, 11) is 2.67. The Morgan fingerprint density at radius 2 is 1.56 bits per heavy atom. The number of nitrogens with one attached hydrogen (secondary N) is 1. The van der Waals surface area contributed by atoms with Crippen molar-refractivity contribution >= 4 is 54.7 Å². The molecule has 10 atom stereocenters. The number of esters is 1. The highest BCUT2D eigenvalue weighted by molar-refractivity contribution is 8.14. The fourth-order valence-electron chi connectivity index (χ4n) is 9.56. The van der Waals surface area contributed by atoms with E-state index in [1.807, 2.05) is 32.1 Å². The van der Waals surface area contributed by atoms with E-state index in [4.69, 9.17) is 18.9 Å². The quantitative estimate of drug-likeness (QED) is 0.181. The second-order valence-corrected chi connectivity index (χ2v) is 26.2. The third-order valence-corrected chi connectivity index (χ3v) is 20.7. The molecule has 0 radical (unpaired) electrons. The molecule has 15 heteroatoms. The first kappa shape index (κ1) is 54.9. The Kier molecular flexibility index (Phi) is 20.0. The first-order valence-electron chi connectivity index (χ1n) is 24.6. The number of hydrogen-bond donors (Lipinski definition) is 1. The van der Waals surface area contributed by atoms with Crippen molar-refractivity contribution in [3.05, 3.63) is 41.5 Å². The molecule has 2 bridgehead atoms. The number of fused-ring (bicyclic) bond motifs is 2. The van der Waals surface area contributed by atoms with Crippen LogP contribution in [-0.2, 0) is 39.6 Å². The van der Waals surface area contributed by atoms with Gasteiger partial charge >= 0.3 is 5.97 Å². The number of benzene rings is 1. The SMILES string of the molecule is CCC(C)[C@@H]1C(=O)N2CCC[C@H]2C(=O)O[C@@H](C(C)(C)C)C[C@@H](C)C[C@@H](O[Si](CC)(CC)CC)[C@H](C)C2=N[C@@H](/C=C(\C)C(=O)N[C@@H](Cc3ccc(OC)cc3)C(=O)N(C)[C@@H](C)C(=O)N1C)CS2. The highest BCUT2D eigenvalue weighted by atomic mass is 32.2. The molecule has 1 N–H and O–H groups in total. The second-order valence-electron chi connectivity index (χ2n) is 20.4. The number of amides is 4. The molecule has 0 saturated carbocycles. The van der Waals surface area contributed by atoms with Crippen molar-refractivity contribution in [3.8, 4) is 5.75 Å². The van der Waals surface area contributed by atoms with Crippen LogP contribution in [0.3, 0.4) is 0 Å². The van der Waals surface area contributed by atoms with Gasteiger partial charge in [0.2, 0.25) is 23.6 Å². The van der Waals surface area contributed by atoms with Gasteiger partial charge in [0, 0.05) is 44.3 Å². The van der Waals surface area contributed by atoms with Gasteiger partial charge < -0.3 is 33.9 Å². The van der Waals surface area contributed by atoms with Gasteiger partial charge in [0.05, 0.1) is 24.3 Å². The molecular formula is C51H83N5O8SSi. The fraction of sp³-hybridized carbons (Fsp3) is 0.725. The number of aliphatic imine (C=N–C) groups is 1. The summed E-state index contributed by atoms with van der Waals surface area (Å²) >= 11 is 1.70. The largest absolute Gasteiger partial charge is 0.497 e. The third-order valence-electron chi connectivity index (χ3n) is 14.7. The van der Waals surface area contributed by atoms with Gasteiger partial charge in [-0.2, -0.15) is 0 Å². The molecule has 66 heavy (non-hydrogen) atoms. The molecule has 1 aromatic carbocycles. The molecule has 1 unspecified atom stereocenters. The summed E-state index contributed by atoms with van der Waals surface area (Å²) in [6.45, 7) is 25.1. The molecule has 370 valence electrons. The molecule has 4 rings (SSSR count). The van der Waals surface area contributed by atoms with Gasteiger partial charge in [-0.3, -0.25) is 24.2 Å². The molecule has 3 aliphatic rings. The van der Waals surface area contributed by atoms with E-state index in [1.165, 1.54) is 9.80 Å². The van der Waals surface area contributed by atoms with Crippen LogP contribution in [0.4, 0.5) is 0 Å². The molecule has 3 heterocycles. The van der Waals surface area contributed by atoms with Gasteiger partial charge in [-0.1, -0.05) is 93.9 Å². The van der Waals surface area contributed by atoms with Crippen molar-refractivity contribution in [1.29, 1.82) is 0 Å². The second kappa shape index (κ2) is 24.0. The molecule has 13 nitrogen and oxygen atoms in total. The Balaban J connectivity index is 1.82. The molecule has 4 amide bonds. The zero-order valence-electron chi connectivity index (χ0n) is 42.9. The van der Waals surface area contributed by atoms with Crippen molar-refractivity contribution in [1.82, 2.24) is 20.0 Å². The predicted molar refractivity (Wildman–Crippen MR) is 268 cm³/mol. The topological polar surface area (TPSA) is 147 Å². The maximum atomic E-state index is 14.8. The van der Waals surface area contributed by atoms with E-state index in [-0.39, 0.29) is 47.6 Å². The van der Waals surface area contributed by atoms with Gasteiger partial charge in [-0.05, 0) is 92.6 Å². The lowest BCUT2D eigenvalue weighted by atomic mass is 9.81. The monoisotopic (exact) mass is 954 g/mol. The van der Waals surface area contributed by atoms with Crippen LogP contribution in [0.5, 0.6) is 5.75 Å². The van der Waals surface area contributed by atoms with Crippen molar-refractivity contribution in [2.75, 3.05) is 33.5 Å². The lowest BCUT2D eigenvalue weighted by Crippen LogP contribution is -2.59. The lowest BCUT2D eigenvalue weighted by molar-refractivity contribution is -0.166. The zero-order chi connectivity index (χ0) is 49.3. The Hall–Kier alpha value is -3.69. The summed E-state index contributed by atoms with van der Waals surface area (Å²) in [6, 6.07) is 6.40. The minimum absolute atomic E-state index is 0.00647. The average Bonchev–Trinajstić information content (AvgIpc) is 3.99. The first-order valence-corrected chi connectivity index (χ1v) is 28.1. The van der Waals surface area contributed by atoms with Gasteiger partial charge in [-0.15, -0.1) is 11.8 Å². The fourth-order valence-corrected chi connectivity index (χ4v) is 13.6. The number of likely N-dealkylation sites (N-methyl/N-ethyl adjacent to an activating group) is 2. The normalized spacial score (nSPS) is 29.8. The van der Waals surface area contributed by atoms with E-state index < -0.39 is 62.3 Å². The number of methoxy groups -OCH3 is 1. The summed E-state index contributed by atoms with van der Waals surface area (Å²) in [4.78, 5) is 81.9. The van der Waals surface area contributed by atoms with Crippen molar-refractivity contribution in [2.45, 2.75) is 182 Å². The van der Waals surface area contributed by atoms with Crippen LogP contribution in [-0.4, -0.2) is 134 Å². The number of carbonyl (C=O) groups excluding carboxylic acids is 5. The first-order chi connectivity index (χ1) is 31.0. The van der Waals surface area contributed by atoms with Crippen LogP contribution in [0.15, 0.2) is 40.9 Å². The number of cyclic esters (lactones) is 1. The molecule has 1 saturated heterocycles. The molecule has 0 spiro atoms. The van der Waals surface area contributed by atoms with Gasteiger partial charge in [0.15, 0.2) is 8.32 Å². The molecule has 0 aromatic heterocycles. The van der Waals surface area contributed by atoms with E-state index >= 15 is 0 Å². The van der Waals surface area contributed by atoms with E-state index in [1.54, 1.807) is 63.8 Å². The van der Waals surface area contributed by atoms with Gasteiger partial charge in [-0.25, -0.2) is 4.79 Å². The maximum Gasteiger partial charge on any atom is 0.329 e. The summed E-state index contributed by atoms with van der Waals surface area (Å²) in [5.41, 5.74) is 0.852. The van der Waals surface area contributed by atoms with Crippen LogP contribution in [0.1, 0.15) is 121 Å². The summed E-state index contributed by atoms with van der Waals surface area (Å²) in [5, 5.41) is 4.00. The minimum Gasteiger partial charge on any atom is -0.497 e. The van der Waals surface area contributed by atoms with E-state index in [2.05, 4.69) is 60.7 Å². The molecule has 3 aliphatic heterocycles. The Morgan fingerprint density at radius 3 is 2.14 bits per heavy atom. The summed E-state index contributed by atoms with van der Waals surface area (Å²) in [6.07, 6.45) is 4.58. The van der Waals surface area contributed by atoms with Crippen LogP contribution in [0, 0.1) is 23.2 Å². The highest BCUT2D eigenvalue weighted by Crippen LogP contribution is 2.37.